The van der Waals surface area contributed by atoms with Crippen molar-refractivity contribution < 1.29 is 4.79 Å². The lowest BCUT2D eigenvalue weighted by atomic mass is 10.1. The zero-order valence-electron chi connectivity index (χ0n) is 11.3. The summed E-state index contributed by atoms with van der Waals surface area (Å²) in [7, 11) is 0. The topological polar surface area (TPSA) is 46.9 Å². The first-order valence-corrected chi connectivity index (χ1v) is 6.49. The summed E-state index contributed by atoms with van der Waals surface area (Å²) in [6, 6.07) is 11.8. The first-order valence-electron chi connectivity index (χ1n) is 6.49. The molecule has 0 aliphatic carbocycles. The number of amides is 1. The first-order chi connectivity index (χ1) is 9.16. The predicted molar refractivity (Wildman–Crippen MR) is 74.4 cm³/mol. The second-order valence-corrected chi connectivity index (χ2v) is 4.77. The highest BCUT2D eigenvalue weighted by molar-refractivity contribution is 5.78. The number of benzene rings is 1. The fourth-order valence-corrected chi connectivity index (χ4v) is 1.95. The molecule has 4 nitrogen and oxygen atoms in total. The maximum Gasteiger partial charge on any atom is 0.225 e. The van der Waals surface area contributed by atoms with E-state index in [2.05, 4.69) is 10.4 Å². The van der Waals surface area contributed by atoms with Crippen molar-refractivity contribution in [3.8, 4) is 0 Å². The maximum absolute atomic E-state index is 12.1. The van der Waals surface area contributed by atoms with Gasteiger partial charge in [0.15, 0.2) is 0 Å². The minimum Gasteiger partial charge on any atom is -0.349 e. The molecule has 0 spiro atoms. The number of hydrogen-bond acceptors (Lipinski definition) is 2. The summed E-state index contributed by atoms with van der Waals surface area (Å²) < 4.78 is 1.78. The number of nitrogens with one attached hydrogen (secondary N) is 1. The van der Waals surface area contributed by atoms with E-state index >= 15 is 0 Å². The van der Waals surface area contributed by atoms with Gasteiger partial charge in [-0.3, -0.25) is 9.48 Å². The summed E-state index contributed by atoms with van der Waals surface area (Å²) in [6.45, 7) is 4.50. The summed E-state index contributed by atoms with van der Waals surface area (Å²) in [6.07, 6.45) is 3.58. The maximum atomic E-state index is 12.1. The van der Waals surface area contributed by atoms with Crippen LogP contribution in [0.3, 0.4) is 0 Å². The molecule has 1 aromatic heterocycles. The van der Waals surface area contributed by atoms with Gasteiger partial charge in [0.1, 0.15) is 0 Å². The van der Waals surface area contributed by atoms with Gasteiger partial charge in [0.2, 0.25) is 5.91 Å². The third-order valence-corrected chi connectivity index (χ3v) is 3.13. The molecule has 1 amide bonds. The predicted octanol–water partition coefficient (Wildman–Crippen LogP) is 2.40. The van der Waals surface area contributed by atoms with Crippen molar-refractivity contribution in [2.24, 2.45) is 5.92 Å². The Bertz CT molecular complexity index is 507. The van der Waals surface area contributed by atoms with Crippen molar-refractivity contribution in [2.45, 2.75) is 26.4 Å². The van der Waals surface area contributed by atoms with E-state index in [1.54, 1.807) is 10.9 Å². The highest BCUT2D eigenvalue weighted by atomic mass is 16.1. The number of aromatic nitrogens is 2. The van der Waals surface area contributed by atoms with Crippen LogP contribution in [0.1, 0.15) is 25.5 Å². The van der Waals surface area contributed by atoms with Crippen molar-refractivity contribution in [2.75, 3.05) is 0 Å². The molecule has 0 aliphatic heterocycles. The highest BCUT2D eigenvalue weighted by Crippen LogP contribution is 2.12. The largest absolute Gasteiger partial charge is 0.349 e. The van der Waals surface area contributed by atoms with Gasteiger partial charge in [-0.2, -0.15) is 5.10 Å². The Kier molecular flexibility index (Phi) is 4.34. The van der Waals surface area contributed by atoms with E-state index in [-0.39, 0.29) is 17.9 Å². The van der Waals surface area contributed by atoms with E-state index < -0.39 is 0 Å². The third kappa shape index (κ3) is 3.68. The standard InChI is InChI=1S/C15H19N3O/c1-12(11-18-10-6-9-16-18)15(19)17-13(2)14-7-4-3-5-8-14/h3-10,12-13H,11H2,1-2H3,(H,17,19)/t12-,13+/m1/s1. The Hall–Kier alpha value is -2.10. The number of carbonyl (C=O) groups is 1. The number of hydrogen-bond donors (Lipinski definition) is 1. The van der Waals surface area contributed by atoms with Gasteiger partial charge in [0, 0.05) is 12.4 Å². The Morgan fingerprint density at radius 3 is 2.63 bits per heavy atom. The second-order valence-electron chi connectivity index (χ2n) is 4.77. The molecule has 0 unspecified atom stereocenters. The monoisotopic (exact) mass is 257 g/mol. The lowest BCUT2D eigenvalue weighted by molar-refractivity contribution is -0.125. The molecule has 0 bridgehead atoms. The van der Waals surface area contributed by atoms with E-state index in [0.717, 1.165) is 5.56 Å². The summed E-state index contributed by atoms with van der Waals surface area (Å²) in [5.74, 6) is -0.0575. The normalized spacial score (nSPS) is 13.8. The van der Waals surface area contributed by atoms with Gasteiger partial charge < -0.3 is 5.32 Å². The minimum atomic E-state index is -0.105. The van der Waals surface area contributed by atoms with Crippen molar-refractivity contribution in [1.29, 1.82) is 0 Å². The average Bonchev–Trinajstić information content (AvgIpc) is 2.92. The lowest BCUT2D eigenvalue weighted by Gasteiger charge is -2.18. The van der Waals surface area contributed by atoms with Gasteiger partial charge in [-0.1, -0.05) is 37.3 Å². The van der Waals surface area contributed by atoms with Crippen molar-refractivity contribution >= 4 is 5.91 Å². The van der Waals surface area contributed by atoms with Crippen LogP contribution in [-0.2, 0) is 11.3 Å². The molecule has 0 radical (unpaired) electrons. The van der Waals surface area contributed by atoms with Crippen LogP contribution in [0.25, 0.3) is 0 Å². The van der Waals surface area contributed by atoms with E-state index in [0.29, 0.717) is 6.54 Å². The molecule has 2 atom stereocenters. The molecular formula is C15H19N3O. The van der Waals surface area contributed by atoms with Gasteiger partial charge >= 0.3 is 0 Å². The zero-order chi connectivity index (χ0) is 13.7. The molecule has 4 heteroatoms. The van der Waals surface area contributed by atoms with Crippen molar-refractivity contribution in [1.82, 2.24) is 15.1 Å². The van der Waals surface area contributed by atoms with E-state index in [1.807, 2.05) is 56.4 Å². The highest BCUT2D eigenvalue weighted by Gasteiger charge is 2.16. The first kappa shape index (κ1) is 13.3. The Morgan fingerprint density at radius 1 is 1.26 bits per heavy atom. The van der Waals surface area contributed by atoms with Crippen LogP contribution in [0.4, 0.5) is 0 Å². The van der Waals surface area contributed by atoms with E-state index in [1.165, 1.54) is 0 Å². The van der Waals surface area contributed by atoms with Gasteiger partial charge in [-0.25, -0.2) is 0 Å². The smallest absolute Gasteiger partial charge is 0.225 e. The summed E-state index contributed by atoms with van der Waals surface area (Å²) >= 11 is 0. The molecule has 100 valence electrons. The van der Waals surface area contributed by atoms with Crippen molar-refractivity contribution in [3.05, 3.63) is 54.4 Å². The van der Waals surface area contributed by atoms with Crippen LogP contribution < -0.4 is 5.32 Å². The fraction of sp³-hybridized carbons (Fsp3) is 0.333. The summed E-state index contributed by atoms with van der Waals surface area (Å²) in [5, 5.41) is 7.14. The molecule has 1 aromatic carbocycles. The van der Waals surface area contributed by atoms with Crippen LogP contribution in [0.5, 0.6) is 0 Å². The van der Waals surface area contributed by atoms with Gasteiger partial charge in [-0.05, 0) is 18.6 Å². The molecule has 2 rings (SSSR count). The SMILES string of the molecule is C[C@H](Cn1cccn1)C(=O)N[C@@H](C)c1ccccc1. The molecular weight excluding hydrogens is 238 g/mol. The van der Waals surface area contributed by atoms with Crippen LogP contribution in [0.2, 0.25) is 0 Å². The third-order valence-electron chi connectivity index (χ3n) is 3.13. The number of rotatable bonds is 5. The van der Waals surface area contributed by atoms with Crippen LogP contribution in [-0.4, -0.2) is 15.7 Å². The molecule has 1 N–H and O–H groups in total. The second kappa shape index (κ2) is 6.18. The molecule has 0 fully saturated rings. The number of carbonyl (C=O) groups excluding carboxylic acids is 1. The molecule has 0 aliphatic rings. The lowest BCUT2D eigenvalue weighted by Crippen LogP contribution is -2.33. The van der Waals surface area contributed by atoms with Crippen LogP contribution in [0.15, 0.2) is 48.8 Å². The Morgan fingerprint density at radius 2 is 2.00 bits per heavy atom. The van der Waals surface area contributed by atoms with E-state index in [9.17, 15) is 4.79 Å². The molecule has 19 heavy (non-hydrogen) atoms. The van der Waals surface area contributed by atoms with Gasteiger partial charge in [-0.15, -0.1) is 0 Å². The van der Waals surface area contributed by atoms with E-state index in [4.69, 9.17) is 0 Å². The molecule has 0 saturated heterocycles. The summed E-state index contributed by atoms with van der Waals surface area (Å²) in [4.78, 5) is 12.1. The van der Waals surface area contributed by atoms with Gasteiger partial charge in [0.05, 0.1) is 18.5 Å². The van der Waals surface area contributed by atoms with Crippen molar-refractivity contribution in [3.63, 3.8) is 0 Å². The fourth-order valence-electron chi connectivity index (χ4n) is 1.95. The minimum absolute atomic E-state index is 0.0220. The van der Waals surface area contributed by atoms with Gasteiger partial charge in [0.25, 0.3) is 0 Å². The zero-order valence-corrected chi connectivity index (χ0v) is 11.3. The summed E-state index contributed by atoms with van der Waals surface area (Å²) in [5.41, 5.74) is 1.11. The molecule has 2 aromatic rings. The van der Waals surface area contributed by atoms with Crippen LogP contribution >= 0.6 is 0 Å². The quantitative estimate of drug-likeness (QED) is 0.894. The molecule has 1 heterocycles. The average molecular weight is 257 g/mol. The molecule has 0 saturated carbocycles. The Balaban J connectivity index is 1.90. The number of nitrogens with zero attached hydrogens (tertiary/aromatic N) is 2. The Labute approximate surface area is 113 Å². The van der Waals surface area contributed by atoms with Crippen LogP contribution in [0, 0.1) is 5.92 Å².